The molecule has 0 radical (unpaired) electrons. The lowest BCUT2D eigenvalue weighted by Crippen LogP contribution is -2.50. The molecule has 0 unspecified atom stereocenters. The average Bonchev–Trinajstić information content (AvgIpc) is 3.22. The van der Waals surface area contributed by atoms with Crippen molar-refractivity contribution in [1.82, 2.24) is 20.2 Å². The molecule has 1 aromatic heterocycles. The van der Waals surface area contributed by atoms with E-state index in [4.69, 9.17) is 0 Å². The third kappa shape index (κ3) is 4.02. The maximum Gasteiger partial charge on any atom is 0.225 e. The Morgan fingerprint density at radius 1 is 1.06 bits per heavy atom. The van der Waals surface area contributed by atoms with Crippen LogP contribution in [0.15, 0.2) is 36.4 Å². The molecule has 0 saturated carbocycles. The number of piperazine rings is 1. The number of nitrogens with one attached hydrogen (secondary N) is 2. The van der Waals surface area contributed by atoms with Crippen molar-refractivity contribution >= 4 is 22.6 Å². The SMILES string of the molecule is Cc1ccc2nc(-c3cc(N4CCC(C(=O)N5CCNCC5)CC4)ccc3F)[nH]c2c1. The van der Waals surface area contributed by atoms with E-state index in [0.29, 0.717) is 17.3 Å². The van der Waals surface area contributed by atoms with Gasteiger partial charge in [-0.25, -0.2) is 9.37 Å². The van der Waals surface area contributed by atoms with E-state index in [0.717, 1.165) is 74.4 Å². The van der Waals surface area contributed by atoms with Gasteiger partial charge in [-0.2, -0.15) is 0 Å². The zero-order valence-electron chi connectivity index (χ0n) is 17.8. The number of aromatic nitrogens is 2. The molecule has 2 saturated heterocycles. The second kappa shape index (κ2) is 8.30. The van der Waals surface area contributed by atoms with Gasteiger partial charge in [-0.15, -0.1) is 0 Å². The van der Waals surface area contributed by atoms with Crippen LogP contribution in [0.4, 0.5) is 10.1 Å². The van der Waals surface area contributed by atoms with Crippen LogP contribution in [0.5, 0.6) is 0 Å². The smallest absolute Gasteiger partial charge is 0.225 e. The maximum absolute atomic E-state index is 14.7. The third-order valence-electron chi connectivity index (χ3n) is 6.48. The normalized spacial score (nSPS) is 18.0. The van der Waals surface area contributed by atoms with E-state index in [1.54, 1.807) is 0 Å². The predicted molar refractivity (Wildman–Crippen MR) is 121 cm³/mol. The molecule has 7 heteroatoms. The minimum Gasteiger partial charge on any atom is -0.371 e. The number of halogens is 1. The minimum absolute atomic E-state index is 0.0906. The molecule has 3 aromatic rings. The summed E-state index contributed by atoms with van der Waals surface area (Å²) in [5, 5.41) is 3.30. The number of hydrogen-bond donors (Lipinski definition) is 2. The van der Waals surface area contributed by atoms with Gasteiger partial charge in [-0.3, -0.25) is 4.79 Å². The highest BCUT2D eigenvalue weighted by Gasteiger charge is 2.29. The lowest BCUT2D eigenvalue weighted by Gasteiger charge is -2.36. The average molecular weight is 422 g/mol. The van der Waals surface area contributed by atoms with Crippen LogP contribution in [0.25, 0.3) is 22.4 Å². The molecule has 31 heavy (non-hydrogen) atoms. The van der Waals surface area contributed by atoms with Gasteiger partial charge < -0.3 is 20.1 Å². The molecule has 2 N–H and O–H groups in total. The summed E-state index contributed by atoms with van der Waals surface area (Å²) in [7, 11) is 0. The van der Waals surface area contributed by atoms with E-state index in [-0.39, 0.29) is 11.7 Å². The van der Waals surface area contributed by atoms with Crippen LogP contribution in [0.3, 0.4) is 0 Å². The predicted octanol–water partition coefficient (Wildman–Crippen LogP) is 3.33. The Hall–Kier alpha value is -2.93. The van der Waals surface area contributed by atoms with Crippen molar-refractivity contribution in [3.8, 4) is 11.4 Å². The maximum atomic E-state index is 14.7. The Bertz CT molecular complexity index is 1100. The van der Waals surface area contributed by atoms with Gasteiger partial charge in [0, 0.05) is 50.9 Å². The van der Waals surface area contributed by atoms with Gasteiger partial charge in [-0.05, 0) is 55.7 Å². The second-order valence-electron chi connectivity index (χ2n) is 8.61. The molecule has 0 atom stereocenters. The van der Waals surface area contributed by atoms with Crippen molar-refractivity contribution in [3.63, 3.8) is 0 Å². The molecule has 2 aromatic carbocycles. The van der Waals surface area contributed by atoms with Gasteiger partial charge in [0.2, 0.25) is 5.91 Å². The topological polar surface area (TPSA) is 64.3 Å². The van der Waals surface area contributed by atoms with Gasteiger partial charge >= 0.3 is 0 Å². The van der Waals surface area contributed by atoms with Gasteiger partial charge in [0.25, 0.3) is 0 Å². The van der Waals surface area contributed by atoms with Crippen molar-refractivity contribution in [2.24, 2.45) is 5.92 Å². The number of aromatic amines is 1. The van der Waals surface area contributed by atoms with E-state index >= 15 is 0 Å². The Morgan fingerprint density at radius 3 is 2.61 bits per heavy atom. The summed E-state index contributed by atoms with van der Waals surface area (Å²) in [6.07, 6.45) is 1.67. The molecular formula is C24H28FN5O. The van der Waals surface area contributed by atoms with Crippen LogP contribution in [-0.2, 0) is 4.79 Å². The first-order valence-electron chi connectivity index (χ1n) is 11.1. The van der Waals surface area contributed by atoms with Crippen molar-refractivity contribution in [2.45, 2.75) is 19.8 Å². The fraction of sp³-hybridized carbons (Fsp3) is 0.417. The number of carbonyl (C=O) groups excluding carboxylic acids is 1. The molecule has 0 aliphatic carbocycles. The van der Waals surface area contributed by atoms with E-state index in [1.807, 2.05) is 42.2 Å². The standard InChI is InChI=1S/C24H28FN5O/c1-16-2-5-21-22(14-16)28-23(27-21)19-15-18(3-4-20(19)25)29-10-6-17(7-11-29)24(31)30-12-8-26-9-13-30/h2-5,14-15,17,26H,6-13H2,1H3,(H,27,28). The van der Waals surface area contributed by atoms with Crippen molar-refractivity contribution in [3.05, 3.63) is 47.8 Å². The summed E-state index contributed by atoms with van der Waals surface area (Å²) >= 11 is 0. The van der Waals surface area contributed by atoms with Gasteiger partial charge in [0.15, 0.2) is 0 Å². The fourth-order valence-electron chi connectivity index (χ4n) is 4.67. The zero-order valence-corrected chi connectivity index (χ0v) is 17.8. The van der Waals surface area contributed by atoms with Gasteiger partial charge in [0.1, 0.15) is 11.6 Å². The van der Waals surface area contributed by atoms with Gasteiger partial charge in [0.05, 0.1) is 16.6 Å². The molecule has 5 rings (SSSR count). The molecule has 162 valence electrons. The number of imidazole rings is 1. The van der Waals surface area contributed by atoms with E-state index < -0.39 is 0 Å². The quantitative estimate of drug-likeness (QED) is 0.681. The molecule has 6 nitrogen and oxygen atoms in total. The molecule has 2 fully saturated rings. The number of amides is 1. The number of fused-ring (bicyclic) bond motifs is 1. The number of carbonyl (C=O) groups is 1. The molecule has 2 aliphatic rings. The molecule has 0 bridgehead atoms. The first-order chi connectivity index (χ1) is 15.1. The summed E-state index contributed by atoms with van der Waals surface area (Å²) in [5.74, 6) is 0.637. The number of anilines is 1. The highest BCUT2D eigenvalue weighted by Crippen LogP contribution is 2.30. The number of piperidine rings is 1. The lowest BCUT2D eigenvalue weighted by molar-refractivity contribution is -0.136. The molecule has 0 spiro atoms. The summed E-state index contributed by atoms with van der Waals surface area (Å²) < 4.78 is 14.7. The Balaban J connectivity index is 1.32. The molecule has 1 amide bonds. The van der Waals surface area contributed by atoms with E-state index in [2.05, 4.69) is 20.2 Å². The van der Waals surface area contributed by atoms with Crippen LogP contribution in [-0.4, -0.2) is 60.0 Å². The third-order valence-corrected chi connectivity index (χ3v) is 6.48. The zero-order chi connectivity index (χ0) is 21.4. The van der Waals surface area contributed by atoms with Crippen molar-refractivity contribution in [1.29, 1.82) is 0 Å². The highest BCUT2D eigenvalue weighted by atomic mass is 19.1. The van der Waals surface area contributed by atoms with E-state index in [9.17, 15) is 9.18 Å². The van der Waals surface area contributed by atoms with Crippen LogP contribution >= 0.6 is 0 Å². The lowest BCUT2D eigenvalue weighted by atomic mass is 9.94. The van der Waals surface area contributed by atoms with Crippen LogP contribution in [0.1, 0.15) is 18.4 Å². The van der Waals surface area contributed by atoms with Gasteiger partial charge in [-0.1, -0.05) is 6.07 Å². The number of nitrogens with zero attached hydrogens (tertiary/aromatic N) is 3. The summed E-state index contributed by atoms with van der Waals surface area (Å²) in [6, 6.07) is 11.2. The van der Waals surface area contributed by atoms with Crippen LogP contribution in [0.2, 0.25) is 0 Å². The number of benzene rings is 2. The van der Waals surface area contributed by atoms with Crippen molar-refractivity contribution in [2.75, 3.05) is 44.2 Å². The summed E-state index contributed by atoms with van der Waals surface area (Å²) in [6.45, 7) is 6.99. The van der Waals surface area contributed by atoms with Crippen LogP contribution < -0.4 is 10.2 Å². The fourth-order valence-corrected chi connectivity index (χ4v) is 4.67. The molecule has 2 aliphatic heterocycles. The Morgan fingerprint density at radius 2 is 1.84 bits per heavy atom. The highest BCUT2D eigenvalue weighted by molar-refractivity contribution is 5.81. The largest absolute Gasteiger partial charge is 0.371 e. The first-order valence-corrected chi connectivity index (χ1v) is 11.1. The monoisotopic (exact) mass is 421 g/mol. The number of aryl methyl sites for hydroxylation is 1. The van der Waals surface area contributed by atoms with E-state index in [1.165, 1.54) is 6.07 Å². The van der Waals surface area contributed by atoms with Crippen molar-refractivity contribution < 1.29 is 9.18 Å². The first kappa shape index (κ1) is 20.0. The number of H-pyrrole nitrogens is 1. The van der Waals surface area contributed by atoms with Crippen LogP contribution in [0, 0.1) is 18.7 Å². The molecular weight excluding hydrogens is 393 g/mol. The Kier molecular flexibility index (Phi) is 5.36. The number of hydrogen-bond acceptors (Lipinski definition) is 4. The summed E-state index contributed by atoms with van der Waals surface area (Å²) in [5.41, 5.74) is 4.33. The Labute approximate surface area is 181 Å². The minimum atomic E-state index is -0.289. The number of rotatable bonds is 3. The second-order valence-corrected chi connectivity index (χ2v) is 8.61. The molecule has 3 heterocycles. The summed E-state index contributed by atoms with van der Waals surface area (Å²) in [4.78, 5) is 24.9.